The first-order valence-electron chi connectivity index (χ1n) is 5.54. The third kappa shape index (κ3) is 1.76. The van der Waals surface area contributed by atoms with E-state index in [0.29, 0.717) is 0 Å². The zero-order chi connectivity index (χ0) is 11.7. The highest BCUT2D eigenvalue weighted by molar-refractivity contribution is 5.89. The van der Waals surface area contributed by atoms with E-state index in [1.807, 2.05) is 60.7 Å². The van der Waals surface area contributed by atoms with Gasteiger partial charge < -0.3 is 5.11 Å². The topological polar surface area (TPSA) is 20.2 Å². The Morgan fingerprint density at radius 1 is 0.824 bits per heavy atom. The third-order valence-electron chi connectivity index (χ3n) is 2.85. The van der Waals surface area contributed by atoms with Crippen LogP contribution < -0.4 is 0 Å². The maximum atomic E-state index is 10.0. The van der Waals surface area contributed by atoms with Crippen LogP contribution in [0.5, 0.6) is 5.75 Å². The number of hydrogen-bond donors (Lipinski definition) is 1. The molecule has 0 aliphatic carbocycles. The quantitative estimate of drug-likeness (QED) is 0.655. The molecule has 0 atom stereocenters. The first-order chi connectivity index (χ1) is 8.34. The van der Waals surface area contributed by atoms with Gasteiger partial charge in [-0.1, -0.05) is 54.6 Å². The molecule has 0 aromatic heterocycles. The van der Waals surface area contributed by atoms with E-state index in [-0.39, 0.29) is 5.75 Å². The van der Waals surface area contributed by atoms with Crippen molar-refractivity contribution in [2.24, 2.45) is 0 Å². The molecule has 0 unspecified atom stereocenters. The second-order valence-electron chi connectivity index (χ2n) is 3.98. The molecule has 1 radical (unpaired) electrons. The van der Waals surface area contributed by atoms with E-state index in [9.17, 15) is 5.11 Å². The zero-order valence-corrected chi connectivity index (χ0v) is 9.22. The number of phenolic OH excluding ortho intramolecular Hbond substituents is 1. The Kier molecular flexibility index (Phi) is 2.30. The molecule has 0 bridgehead atoms. The minimum atomic E-state index is 0.204. The number of hydrogen-bond acceptors (Lipinski definition) is 1. The largest absolute Gasteiger partial charge is 0.507 e. The monoisotopic (exact) mass is 219 g/mol. The molecule has 3 aromatic carbocycles. The summed E-state index contributed by atoms with van der Waals surface area (Å²) in [7, 11) is 0. The van der Waals surface area contributed by atoms with Crippen LogP contribution in [0.2, 0.25) is 0 Å². The SMILES string of the molecule is Oc1[c]c2ccccc2cc1-c1ccccc1. The Bertz CT molecular complexity index is 657. The fraction of sp³-hybridized carbons (Fsp3) is 0. The Morgan fingerprint density at radius 2 is 1.53 bits per heavy atom. The summed E-state index contributed by atoms with van der Waals surface area (Å²) in [6.45, 7) is 0. The average Bonchev–Trinajstić information content (AvgIpc) is 2.39. The lowest BCUT2D eigenvalue weighted by atomic mass is 10.0. The second kappa shape index (κ2) is 3.95. The smallest absolute Gasteiger partial charge is 0.132 e. The normalized spacial score (nSPS) is 10.6. The molecular formula is C16H11O. The molecule has 1 N–H and O–H groups in total. The van der Waals surface area contributed by atoms with Crippen LogP contribution in [0.3, 0.4) is 0 Å². The number of aromatic hydroxyl groups is 1. The summed E-state index contributed by atoms with van der Waals surface area (Å²) in [5, 5.41) is 12.0. The second-order valence-corrected chi connectivity index (χ2v) is 3.98. The summed E-state index contributed by atoms with van der Waals surface area (Å²) < 4.78 is 0. The first kappa shape index (κ1) is 9.91. The highest BCUT2D eigenvalue weighted by atomic mass is 16.3. The summed E-state index contributed by atoms with van der Waals surface area (Å²) in [5.74, 6) is 0.204. The van der Waals surface area contributed by atoms with Crippen molar-refractivity contribution in [1.82, 2.24) is 0 Å². The van der Waals surface area contributed by atoms with Gasteiger partial charge in [-0.05, 0) is 22.4 Å². The van der Waals surface area contributed by atoms with Crippen LogP contribution in [0.4, 0.5) is 0 Å². The fourth-order valence-corrected chi connectivity index (χ4v) is 1.99. The van der Waals surface area contributed by atoms with E-state index in [1.165, 1.54) is 0 Å². The third-order valence-corrected chi connectivity index (χ3v) is 2.85. The van der Waals surface area contributed by atoms with Crippen LogP contribution >= 0.6 is 0 Å². The van der Waals surface area contributed by atoms with E-state index in [2.05, 4.69) is 6.07 Å². The van der Waals surface area contributed by atoms with Crippen molar-refractivity contribution in [3.63, 3.8) is 0 Å². The Labute approximate surface area is 100.0 Å². The Hall–Kier alpha value is -2.28. The van der Waals surface area contributed by atoms with E-state index in [4.69, 9.17) is 0 Å². The van der Waals surface area contributed by atoms with Gasteiger partial charge in [-0.25, -0.2) is 0 Å². The lowest BCUT2D eigenvalue weighted by molar-refractivity contribution is 0.477. The standard InChI is InChI=1S/C16H11O/c17-16-11-14-9-5-4-8-13(14)10-15(16)12-6-2-1-3-7-12/h1-10,17H. The molecule has 1 heteroatoms. The first-order valence-corrected chi connectivity index (χ1v) is 5.54. The highest BCUT2D eigenvalue weighted by Crippen LogP contribution is 2.32. The number of benzene rings is 3. The van der Waals surface area contributed by atoms with Crippen molar-refractivity contribution < 1.29 is 5.11 Å². The van der Waals surface area contributed by atoms with Gasteiger partial charge in [0.1, 0.15) is 5.75 Å². The van der Waals surface area contributed by atoms with Crippen LogP contribution in [0.25, 0.3) is 21.9 Å². The summed E-state index contributed by atoms with van der Waals surface area (Å²) in [4.78, 5) is 0. The molecular weight excluding hydrogens is 208 g/mol. The van der Waals surface area contributed by atoms with E-state index < -0.39 is 0 Å². The van der Waals surface area contributed by atoms with Crippen LogP contribution in [0.1, 0.15) is 0 Å². The lowest BCUT2D eigenvalue weighted by Crippen LogP contribution is -1.81. The maximum absolute atomic E-state index is 10.0. The number of fused-ring (bicyclic) bond motifs is 1. The van der Waals surface area contributed by atoms with Crippen molar-refractivity contribution in [2.75, 3.05) is 0 Å². The summed E-state index contributed by atoms with van der Waals surface area (Å²) in [6, 6.07) is 22.8. The minimum absolute atomic E-state index is 0.204. The maximum Gasteiger partial charge on any atom is 0.132 e. The predicted molar refractivity (Wildman–Crippen MR) is 69.9 cm³/mol. The van der Waals surface area contributed by atoms with Crippen molar-refractivity contribution >= 4 is 10.8 Å². The van der Waals surface area contributed by atoms with Gasteiger partial charge in [-0.3, -0.25) is 0 Å². The van der Waals surface area contributed by atoms with E-state index in [0.717, 1.165) is 21.9 Å². The van der Waals surface area contributed by atoms with Gasteiger partial charge in [0.25, 0.3) is 0 Å². The average molecular weight is 219 g/mol. The summed E-state index contributed by atoms with van der Waals surface area (Å²) in [5.41, 5.74) is 1.83. The molecule has 0 aliphatic rings. The molecule has 0 saturated heterocycles. The molecule has 0 fully saturated rings. The van der Waals surface area contributed by atoms with Gasteiger partial charge >= 0.3 is 0 Å². The molecule has 17 heavy (non-hydrogen) atoms. The summed E-state index contributed by atoms with van der Waals surface area (Å²) >= 11 is 0. The van der Waals surface area contributed by atoms with Crippen LogP contribution in [0.15, 0.2) is 60.7 Å². The molecule has 0 heterocycles. The van der Waals surface area contributed by atoms with Crippen LogP contribution in [0, 0.1) is 6.07 Å². The van der Waals surface area contributed by atoms with Crippen molar-refractivity contribution in [3.05, 3.63) is 66.7 Å². The Morgan fingerprint density at radius 3 is 2.35 bits per heavy atom. The predicted octanol–water partition coefficient (Wildman–Crippen LogP) is 4.01. The van der Waals surface area contributed by atoms with Crippen molar-refractivity contribution in [1.29, 1.82) is 0 Å². The highest BCUT2D eigenvalue weighted by Gasteiger charge is 2.05. The number of phenols is 1. The van der Waals surface area contributed by atoms with E-state index in [1.54, 1.807) is 0 Å². The zero-order valence-electron chi connectivity index (χ0n) is 9.22. The van der Waals surface area contributed by atoms with Crippen LogP contribution in [-0.2, 0) is 0 Å². The molecule has 3 rings (SSSR count). The molecule has 1 nitrogen and oxygen atoms in total. The number of rotatable bonds is 1. The fourth-order valence-electron chi connectivity index (χ4n) is 1.99. The van der Waals surface area contributed by atoms with Crippen molar-refractivity contribution in [3.8, 4) is 16.9 Å². The van der Waals surface area contributed by atoms with Gasteiger partial charge in [-0.15, -0.1) is 0 Å². The Balaban J connectivity index is 2.27. The molecule has 81 valence electrons. The van der Waals surface area contributed by atoms with Gasteiger partial charge in [0.2, 0.25) is 0 Å². The molecule has 0 spiro atoms. The van der Waals surface area contributed by atoms with Crippen molar-refractivity contribution in [2.45, 2.75) is 0 Å². The van der Waals surface area contributed by atoms with E-state index >= 15 is 0 Å². The van der Waals surface area contributed by atoms with Gasteiger partial charge in [0, 0.05) is 11.6 Å². The summed E-state index contributed by atoms with van der Waals surface area (Å²) in [6.07, 6.45) is 0. The minimum Gasteiger partial charge on any atom is -0.507 e. The molecule has 0 amide bonds. The molecule has 0 saturated carbocycles. The van der Waals surface area contributed by atoms with Gasteiger partial charge in [0.05, 0.1) is 0 Å². The van der Waals surface area contributed by atoms with Gasteiger partial charge in [0.15, 0.2) is 0 Å². The lowest BCUT2D eigenvalue weighted by Gasteiger charge is -2.06. The molecule has 0 aliphatic heterocycles. The van der Waals surface area contributed by atoms with Gasteiger partial charge in [-0.2, -0.15) is 0 Å². The molecule has 3 aromatic rings. The van der Waals surface area contributed by atoms with Crippen LogP contribution in [-0.4, -0.2) is 5.11 Å².